The van der Waals surface area contributed by atoms with Crippen LogP contribution in [0.15, 0.2) is 22.8 Å². The van der Waals surface area contributed by atoms with Gasteiger partial charge in [0.2, 0.25) is 0 Å². The van der Waals surface area contributed by atoms with Gasteiger partial charge in [0.1, 0.15) is 11.8 Å². The number of carboxylic acids is 1. The molecule has 0 bridgehead atoms. The van der Waals surface area contributed by atoms with Gasteiger partial charge in [-0.3, -0.25) is 10.1 Å². The topological polar surface area (TPSA) is 62.5 Å². The van der Waals surface area contributed by atoms with E-state index in [0.717, 1.165) is 5.76 Å². The van der Waals surface area contributed by atoms with Gasteiger partial charge in [-0.05, 0) is 25.5 Å². The first kappa shape index (κ1) is 10.8. The molecule has 78 valence electrons. The van der Waals surface area contributed by atoms with Gasteiger partial charge < -0.3 is 9.52 Å². The van der Waals surface area contributed by atoms with E-state index in [2.05, 4.69) is 5.32 Å². The van der Waals surface area contributed by atoms with Gasteiger partial charge in [-0.1, -0.05) is 6.92 Å². The summed E-state index contributed by atoms with van der Waals surface area (Å²) in [6.07, 6.45) is 2.13. The Morgan fingerprint density at radius 1 is 1.71 bits per heavy atom. The molecule has 0 fully saturated rings. The zero-order valence-electron chi connectivity index (χ0n) is 8.36. The van der Waals surface area contributed by atoms with Crippen LogP contribution in [-0.4, -0.2) is 17.1 Å². The Kier molecular flexibility index (Phi) is 3.71. The lowest BCUT2D eigenvalue weighted by molar-refractivity contribution is -0.139. The molecule has 1 aromatic rings. The number of hydrogen-bond donors (Lipinski definition) is 2. The van der Waals surface area contributed by atoms with Crippen LogP contribution in [-0.2, 0) is 4.79 Å². The van der Waals surface area contributed by atoms with E-state index >= 15 is 0 Å². The van der Waals surface area contributed by atoms with Crippen molar-refractivity contribution in [2.24, 2.45) is 0 Å². The highest BCUT2D eigenvalue weighted by atomic mass is 16.4. The maximum atomic E-state index is 10.7. The molecule has 4 nitrogen and oxygen atoms in total. The number of nitrogens with one attached hydrogen (secondary N) is 1. The zero-order chi connectivity index (χ0) is 10.6. The minimum atomic E-state index is -0.828. The largest absolute Gasteiger partial charge is 0.480 e. The fourth-order valence-electron chi connectivity index (χ4n) is 1.29. The summed E-state index contributed by atoms with van der Waals surface area (Å²) in [5, 5.41) is 11.8. The molecule has 1 rings (SSSR count). The Morgan fingerprint density at radius 3 is 2.86 bits per heavy atom. The van der Waals surface area contributed by atoms with E-state index in [1.165, 1.54) is 0 Å². The number of hydrogen-bond acceptors (Lipinski definition) is 3. The Labute approximate surface area is 82.9 Å². The number of aliphatic carboxylic acids is 1. The number of rotatable bonds is 5. The van der Waals surface area contributed by atoms with Crippen molar-refractivity contribution in [2.45, 2.75) is 32.4 Å². The van der Waals surface area contributed by atoms with E-state index in [-0.39, 0.29) is 6.04 Å². The second kappa shape index (κ2) is 4.81. The van der Waals surface area contributed by atoms with Crippen LogP contribution in [0, 0.1) is 0 Å². The van der Waals surface area contributed by atoms with Crippen LogP contribution in [0.4, 0.5) is 0 Å². The lowest BCUT2D eigenvalue weighted by atomic mass is 10.1. The molecule has 0 amide bonds. The van der Waals surface area contributed by atoms with E-state index in [9.17, 15) is 4.79 Å². The van der Waals surface area contributed by atoms with Crippen LogP contribution < -0.4 is 5.32 Å². The van der Waals surface area contributed by atoms with Crippen molar-refractivity contribution in [3.05, 3.63) is 24.2 Å². The second-order valence-corrected chi connectivity index (χ2v) is 3.20. The van der Waals surface area contributed by atoms with Crippen LogP contribution in [0.25, 0.3) is 0 Å². The van der Waals surface area contributed by atoms with E-state index in [1.807, 2.05) is 19.9 Å². The molecule has 14 heavy (non-hydrogen) atoms. The van der Waals surface area contributed by atoms with Crippen molar-refractivity contribution in [1.29, 1.82) is 0 Å². The van der Waals surface area contributed by atoms with E-state index < -0.39 is 12.0 Å². The third-order valence-electron chi connectivity index (χ3n) is 2.13. The normalized spacial score (nSPS) is 15.0. The monoisotopic (exact) mass is 197 g/mol. The third kappa shape index (κ3) is 2.60. The van der Waals surface area contributed by atoms with Crippen LogP contribution in [0.3, 0.4) is 0 Å². The second-order valence-electron chi connectivity index (χ2n) is 3.20. The van der Waals surface area contributed by atoms with Crippen LogP contribution in [0.5, 0.6) is 0 Å². The summed E-state index contributed by atoms with van der Waals surface area (Å²) in [6, 6.07) is 3.02. The Balaban J connectivity index is 2.55. The van der Waals surface area contributed by atoms with Gasteiger partial charge in [0.05, 0.1) is 12.3 Å². The van der Waals surface area contributed by atoms with Crippen LogP contribution >= 0.6 is 0 Å². The van der Waals surface area contributed by atoms with Crippen molar-refractivity contribution in [1.82, 2.24) is 5.32 Å². The van der Waals surface area contributed by atoms with Gasteiger partial charge in [-0.2, -0.15) is 0 Å². The molecule has 2 unspecified atom stereocenters. The molecule has 1 aromatic heterocycles. The Hall–Kier alpha value is -1.29. The van der Waals surface area contributed by atoms with Crippen molar-refractivity contribution in [2.75, 3.05) is 0 Å². The molecule has 0 radical (unpaired) electrons. The predicted octanol–water partition coefficient (Wildman–Crippen LogP) is 1.79. The fraction of sp³-hybridized carbons (Fsp3) is 0.500. The first-order valence-corrected chi connectivity index (χ1v) is 4.67. The maximum absolute atomic E-state index is 10.7. The summed E-state index contributed by atoms with van der Waals surface area (Å²) in [6.45, 7) is 3.71. The molecule has 0 aliphatic rings. The number of furan rings is 1. The third-order valence-corrected chi connectivity index (χ3v) is 2.13. The van der Waals surface area contributed by atoms with E-state index in [1.54, 1.807) is 12.3 Å². The van der Waals surface area contributed by atoms with Crippen molar-refractivity contribution in [3.63, 3.8) is 0 Å². The SMILES string of the molecule is CCC(NC(C)c1ccco1)C(=O)O. The highest BCUT2D eigenvalue weighted by Gasteiger charge is 2.18. The Bertz CT molecular complexity index is 282. The molecule has 0 saturated heterocycles. The summed E-state index contributed by atoms with van der Waals surface area (Å²) in [4.78, 5) is 10.7. The molecule has 0 saturated carbocycles. The molecule has 2 N–H and O–H groups in total. The first-order valence-electron chi connectivity index (χ1n) is 4.67. The van der Waals surface area contributed by atoms with Gasteiger partial charge in [0.25, 0.3) is 0 Å². The van der Waals surface area contributed by atoms with Crippen molar-refractivity contribution < 1.29 is 14.3 Å². The average molecular weight is 197 g/mol. The molecule has 0 aromatic carbocycles. The van der Waals surface area contributed by atoms with Gasteiger partial charge in [-0.15, -0.1) is 0 Å². The van der Waals surface area contributed by atoms with Crippen LogP contribution in [0.1, 0.15) is 32.1 Å². The first-order chi connectivity index (χ1) is 6.65. The van der Waals surface area contributed by atoms with E-state index in [4.69, 9.17) is 9.52 Å². The summed E-state index contributed by atoms with van der Waals surface area (Å²) in [5.74, 6) is -0.0735. The van der Waals surface area contributed by atoms with Crippen LogP contribution in [0.2, 0.25) is 0 Å². The molecule has 0 aliphatic carbocycles. The molecular weight excluding hydrogens is 182 g/mol. The molecule has 4 heteroatoms. The number of carboxylic acid groups (broad SMARTS) is 1. The zero-order valence-corrected chi connectivity index (χ0v) is 8.36. The Morgan fingerprint density at radius 2 is 2.43 bits per heavy atom. The van der Waals surface area contributed by atoms with Gasteiger partial charge >= 0.3 is 5.97 Å². The molecule has 0 spiro atoms. The van der Waals surface area contributed by atoms with Crippen molar-refractivity contribution in [3.8, 4) is 0 Å². The maximum Gasteiger partial charge on any atom is 0.320 e. The molecular formula is C10H15NO3. The van der Waals surface area contributed by atoms with E-state index in [0.29, 0.717) is 6.42 Å². The highest BCUT2D eigenvalue weighted by molar-refractivity contribution is 5.73. The minimum absolute atomic E-state index is 0.0777. The lowest BCUT2D eigenvalue weighted by Crippen LogP contribution is -2.37. The lowest BCUT2D eigenvalue weighted by Gasteiger charge is -2.16. The standard InChI is InChI=1S/C10H15NO3/c1-3-8(10(12)13)11-7(2)9-5-4-6-14-9/h4-8,11H,3H2,1-2H3,(H,12,13). The van der Waals surface area contributed by atoms with Gasteiger partial charge in [0, 0.05) is 0 Å². The molecule has 1 heterocycles. The molecule has 2 atom stereocenters. The fourth-order valence-corrected chi connectivity index (χ4v) is 1.29. The molecule has 0 aliphatic heterocycles. The summed E-state index contributed by atoms with van der Waals surface area (Å²) >= 11 is 0. The quantitative estimate of drug-likeness (QED) is 0.755. The predicted molar refractivity (Wildman–Crippen MR) is 52.0 cm³/mol. The minimum Gasteiger partial charge on any atom is -0.480 e. The smallest absolute Gasteiger partial charge is 0.320 e. The van der Waals surface area contributed by atoms with Gasteiger partial charge in [0.15, 0.2) is 0 Å². The summed E-state index contributed by atoms with van der Waals surface area (Å²) in [7, 11) is 0. The van der Waals surface area contributed by atoms with Gasteiger partial charge in [-0.25, -0.2) is 0 Å². The summed E-state index contributed by atoms with van der Waals surface area (Å²) < 4.78 is 5.16. The average Bonchev–Trinajstić information content (AvgIpc) is 2.65. The number of carbonyl (C=O) groups is 1. The highest BCUT2D eigenvalue weighted by Crippen LogP contribution is 2.13. The summed E-state index contributed by atoms with van der Waals surface area (Å²) in [5.41, 5.74) is 0. The van der Waals surface area contributed by atoms with Crippen molar-refractivity contribution >= 4 is 5.97 Å².